The number of carboxylic acid groups (broad SMARTS) is 1. The van der Waals surface area contributed by atoms with Crippen LogP contribution in [0.2, 0.25) is 0 Å². The van der Waals surface area contributed by atoms with Gasteiger partial charge in [0.15, 0.2) is 0 Å². The van der Waals surface area contributed by atoms with Gasteiger partial charge in [-0.25, -0.2) is 4.79 Å². The van der Waals surface area contributed by atoms with Crippen molar-refractivity contribution in [3.63, 3.8) is 0 Å². The Balaban J connectivity index is 2.74. The Morgan fingerprint density at radius 1 is 1.31 bits per heavy atom. The number of aromatic carboxylic acids is 1. The van der Waals surface area contributed by atoms with E-state index >= 15 is 0 Å². The maximum atomic E-state index is 11.7. The first kappa shape index (κ1) is 10.9. The second-order valence-electron chi connectivity index (χ2n) is 4.51. The van der Waals surface area contributed by atoms with Crippen LogP contribution >= 0.6 is 0 Å². The quantitative estimate of drug-likeness (QED) is 0.798. The number of aromatic nitrogens is 1. The molecule has 0 unspecified atom stereocenters. The second kappa shape index (κ2) is 3.77. The molecule has 0 fully saturated rings. The van der Waals surface area contributed by atoms with Crippen LogP contribution in [0.1, 0.15) is 53.4 Å². The fourth-order valence-electron chi connectivity index (χ4n) is 2.43. The Bertz CT molecular complexity index is 500. The zero-order valence-electron chi connectivity index (χ0n) is 9.46. The van der Waals surface area contributed by atoms with Crippen LogP contribution in [-0.2, 0) is 12.8 Å². The molecule has 0 atom stereocenters. The lowest BCUT2D eigenvalue weighted by atomic mass is 9.98. The molecular formula is C12H15NO3. The molecule has 86 valence electrons. The molecule has 4 nitrogen and oxygen atoms in total. The molecule has 0 spiro atoms. The second-order valence-corrected chi connectivity index (χ2v) is 4.51. The van der Waals surface area contributed by atoms with Crippen molar-refractivity contribution in [2.75, 3.05) is 0 Å². The summed E-state index contributed by atoms with van der Waals surface area (Å²) in [7, 11) is 0. The molecule has 1 heterocycles. The van der Waals surface area contributed by atoms with Gasteiger partial charge in [0.2, 0.25) is 0 Å². The van der Waals surface area contributed by atoms with Crippen LogP contribution < -0.4 is 5.56 Å². The van der Waals surface area contributed by atoms with Crippen LogP contribution in [0.15, 0.2) is 4.79 Å². The molecule has 0 saturated heterocycles. The van der Waals surface area contributed by atoms with Crippen LogP contribution in [0.5, 0.6) is 0 Å². The number of carboxylic acids is 1. The van der Waals surface area contributed by atoms with Crippen molar-refractivity contribution in [2.45, 2.75) is 39.0 Å². The van der Waals surface area contributed by atoms with Crippen molar-refractivity contribution >= 4 is 5.97 Å². The molecular weight excluding hydrogens is 206 g/mol. The zero-order chi connectivity index (χ0) is 11.9. The van der Waals surface area contributed by atoms with Crippen molar-refractivity contribution in [3.05, 3.63) is 32.7 Å². The summed E-state index contributed by atoms with van der Waals surface area (Å²) in [5, 5.41) is 9.04. The number of hydrogen-bond donors (Lipinski definition) is 2. The molecule has 2 rings (SSSR count). The SMILES string of the molecule is CC(C)c1[nH]c(=O)c(C(=O)O)c2c1CCC2. The smallest absolute Gasteiger partial charge is 0.341 e. The predicted octanol–water partition coefficient (Wildman–Crippen LogP) is 1.69. The molecule has 0 aromatic carbocycles. The van der Waals surface area contributed by atoms with Gasteiger partial charge in [0.25, 0.3) is 5.56 Å². The lowest BCUT2D eigenvalue weighted by Gasteiger charge is -2.13. The first-order valence-corrected chi connectivity index (χ1v) is 5.53. The van der Waals surface area contributed by atoms with E-state index in [2.05, 4.69) is 4.98 Å². The van der Waals surface area contributed by atoms with Crippen LogP contribution in [0.3, 0.4) is 0 Å². The topological polar surface area (TPSA) is 70.2 Å². The minimum atomic E-state index is -1.12. The fourth-order valence-corrected chi connectivity index (χ4v) is 2.43. The summed E-state index contributed by atoms with van der Waals surface area (Å²) < 4.78 is 0. The number of rotatable bonds is 2. The van der Waals surface area contributed by atoms with E-state index in [1.165, 1.54) is 0 Å². The minimum absolute atomic E-state index is 0.0584. The highest BCUT2D eigenvalue weighted by Gasteiger charge is 2.25. The molecule has 0 bridgehead atoms. The van der Waals surface area contributed by atoms with E-state index in [9.17, 15) is 9.59 Å². The predicted molar refractivity (Wildman–Crippen MR) is 60.1 cm³/mol. The number of pyridine rings is 1. The molecule has 0 amide bonds. The average Bonchev–Trinajstić information content (AvgIpc) is 2.63. The van der Waals surface area contributed by atoms with Gasteiger partial charge in [0.1, 0.15) is 5.56 Å². The monoisotopic (exact) mass is 221 g/mol. The average molecular weight is 221 g/mol. The molecule has 0 saturated carbocycles. The van der Waals surface area contributed by atoms with E-state index in [4.69, 9.17) is 5.11 Å². The number of aromatic amines is 1. The summed E-state index contributed by atoms with van der Waals surface area (Å²) in [5.41, 5.74) is 2.18. The van der Waals surface area contributed by atoms with Gasteiger partial charge < -0.3 is 10.1 Å². The number of hydrogen-bond acceptors (Lipinski definition) is 2. The number of H-pyrrole nitrogens is 1. The molecule has 4 heteroatoms. The van der Waals surface area contributed by atoms with E-state index in [1.54, 1.807) is 0 Å². The highest BCUT2D eigenvalue weighted by atomic mass is 16.4. The summed E-state index contributed by atoms with van der Waals surface area (Å²) >= 11 is 0. The Kier molecular flexibility index (Phi) is 2.58. The minimum Gasteiger partial charge on any atom is -0.477 e. The van der Waals surface area contributed by atoms with Gasteiger partial charge in [-0.1, -0.05) is 13.8 Å². The van der Waals surface area contributed by atoms with Crippen molar-refractivity contribution in [3.8, 4) is 0 Å². The van der Waals surface area contributed by atoms with Gasteiger partial charge in [-0.15, -0.1) is 0 Å². The summed E-state index contributed by atoms with van der Waals surface area (Å²) in [6.07, 6.45) is 2.52. The fraction of sp³-hybridized carbons (Fsp3) is 0.500. The molecule has 16 heavy (non-hydrogen) atoms. The lowest BCUT2D eigenvalue weighted by molar-refractivity contribution is 0.0693. The van der Waals surface area contributed by atoms with Crippen LogP contribution in [0.25, 0.3) is 0 Å². The van der Waals surface area contributed by atoms with E-state index in [0.717, 1.165) is 29.7 Å². The molecule has 1 aliphatic carbocycles. The largest absolute Gasteiger partial charge is 0.477 e. The van der Waals surface area contributed by atoms with Gasteiger partial charge >= 0.3 is 5.97 Å². The molecule has 1 aliphatic rings. The lowest BCUT2D eigenvalue weighted by Crippen LogP contribution is -2.23. The van der Waals surface area contributed by atoms with Crippen LogP contribution in [-0.4, -0.2) is 16.1 Å². The van der Waals surface area contributed by atoms with Crippen molar-refractivity contribution in [1.82, 2.24) is 4.98 Å². The third-order valence-electron chi connectivity index (χ3n) is 3.11. The first-order chi connectivity index (χ1) is 7.52. The van der Waals surface area contributed by atoms with E-state index in [1.807, 2.05) is 13.8 Å². The first-order valence-electron chi connectivity index (χ1n) is 5.53. The van der Waals surface area contributed by atoms with Gasteiger partial charge in [-0.05, 0) is 36.3 Å². The van der Waals surface area contributed by atoms with Crippen LogP contribution in [0.4, 0.5) is 0 Å². The van der Waals surface area contributed by atoms with Crippen molar-refractivity contribution in [1.29, 1.82) is 0 Å². The Hall–Kier alpha value is -1.58. The van der Waals surface area contributed by atoms with Gasteiger partial charge in [-0.3, -0.25) is 4.79 Å². The van der Waals surface area contributed by atoms with E-state index < -0.39 is 11.5 Å². The summed E-state index contributed by atoms with van der Waals surface area (Å²) in [6, 6.07) is 0. The summed E-state index contributed by atoms with van der Waals surface area (Å²) in [6.45, 7) is 4.01. The molecule has 0 radical (unpaired) electrons. The number of fused-ring (bicyclic) bond motifs is 1. The molecule has 2 N–H and O–H groups in total. The third-order valence-corrected chi connectivity index (χ3v) is 3.11. The summed E-state index contributed by atoms with van der Waals surface area (Å²) in [5.74, 6) is -0.892. The molecule has 0 aliphatic heterocycles. The normalized spacial score (nSPS) is 14.2. The Labute approximate surface area is 93.3 Å². The van der Waals surface area contributed by atoms with E-state index in [-0.39, 0.29) is 11.5 Å². The maximum absolute atomic E-state index is 11.7. The highest BCUT2D eigenvalue weighted by Crippen LogP contribution is 2.29. The number of carbonyl (C=O) groups is 1. The van der Waals surface area contributed by atoms with Crippen molar-refractivity contribution < 1.29 is 9.90 Å². The molecule has 1 aromatic heterocycles. The highest BCUT2D eigenvalue weighted by molar-refractivity contribution is 5.89. The van der Waals surface area contributed by atoms with Gasteiger partial charge in [0.05, 0.1) is 0 Å². The summed E-state index contributed by atoms with van der Waals surface area (Å²) in [4.78, 5) is 25.5. The van der Waals surface area contributed by atoms with E-state index in [0.29, 0.717) is 6.42 Å². The number of nitrogens with one attached hydrogen (secondary N) is 1. The molecule has 1 aromatic rings. The van der Waals surface area contributed by atoms with Crippen molar-refractivity contribution in [2.24, 2.45) is 0 Å². The Morgan fingerprint density at radius 3 is 2.50 bits per heavy atom. The van der Waals surface area contributed by atoms with Crippen LogP contribution in [0, 0.1) is 0 Å². The zero-order valence-corrected chi connectivity index (χ0v) is 9.46. The third kappa shape index (κ3) is 1.54. The standard InChI is InChI=1S/C12H15NO3/c1-6(2)10-8-5-3-4-7(8)9(12(15)16)11(14)13-10/h6H,3-5H2,1-2H3,(H,13,14)(H,15,16). The maximum Gasteiger partial charge on any atom is 0.341 e. The Morgan fingerprint density at radius 2 is 1.94 bits per heavy atom. The van der Waals surface area contributed by atoms with Gasteiger partial charge in [-0.2, -0.15) is 0 Å². The van der Waals surface area contributed by atoms with Gasteiger partial charge in [0, 0.05) is 5.69 Å².